The molecule has 21 heavy (non-hydrogen) atoms. The van der Waals surface area contributed by atoms with E-state index in [1.165, 1.54) is 6.42 Å². The molecular formula is C17H28FN3. The molecule has 1 saturated heterocycles. The van der Waals surface area contributed by atoms with Crippen molar-refractivity contribution in [3.8, 4) is 0 Å². The van der Waals surface area contributed by atoms with Crippen molar-refractivity contribution < 1.29 is 4.39 Å². The van der Waals surface area contributed by atoms with Crippen molar-refractivity contribution in [3.05, 3.63) is 35.1 Å². The third kappa shape index (κ3) is 3.82. The standard InChI is InChI=1S/C17H28FN3/c1-4-14(3)20-7-9-21(10-8-20)17(12-19)15-6-5-13(2)16(18)11-15/h5-6,11,14,17H,4,7-10,12,19H2,1-3H3. The zero-order chi connectivity index (χ0) is 15.4. The van der Waals surface area contributed by atoms with E-state index < -0.39 is 0 Å². The van der Waals surface area contributed by atoms with Crippen LogP contribution in [0.2, 0.25) is 0 Å². The average molecular weight is 293 g/mol. The average Bonchev–Trinajstić information content (AvgIpc) is 2.51. The molecule has 0 amide bonds. The van der Waals surface area contributed by atoms with Crippen molar-refractivity contribution in [2.45, 2.75) is 39.3 Å². The molecule has 0 aromatic heterocycles. The minimum Gasteiger partial charge on any atom is -0.329 e. The van der Waals surface area contributed by atoms with E-state index in [1.807, 2.05) is 12.1 Å². The van der Waals surface area contributed by atoms with Gasteiger partial charge in [0.1, 0.15) is 5.82 Å². The van der Waals surface area contributed by atoms with Crippen LogP contribution in [0.3, 0.4) is 0 Å². The summed E-state index contributed by atoms with van der Waals surface area (Å²) in [6.45, 7) is 11.0. The third-order valence-corrected chi connectivity index (χ3v) is 4.81. The first-order valence-electron chi connectivity index (χ1n) is 8.01. The molecule has 2 unspecified atom stereocenters. The second-order valence-corrected chi connectivity index (χ2v) is 6.09. The van der Waals surface area contributed by atoms with Gasteiger partial charge in [-0.3, -0.25) is 9.80 Å². The summed E-state index contributed by atoms with van der Waals surface area (Å²) in [7, 11) is 0. The molecule has 1 aromatic carbocycles. The van der Waals surface area contributed by atoms with Crippen molar-refractivity contribution in [3.63, 3.8) is 0 Å². The molecule has 1 heterocycles. The Morgan fingerprint density at radius 1 is 1.19 bits per heavy atom. The Balaban J connectivity index is 2.04. The molecule has 1 fully saturated rings. The minimum absolute atomic E-state index is 0.124. The lowest BCUT2D eigenvalue weighted by atomic mass is 10.0. The summed E-state index contributed by atoms with van der Waals surface area (Å²) in [5.41, 5.74) is 7.66. The maximum absolute atomic E-state index is 13.8. The molecule has 0 saturated carbocycles. The first kappa shape index (κ1) is 16.4. The quantitative estimate of drug-likeness (QED) is 0.905. The van der Waals surface area contributed by atoms with Gasteiger partial charge in [-0.2, -0.15) is 0 Å². The summed E-state index contributed by atoms with van der Waals surface area (Å²) in [6, 6.07) is 6.27. The van der Waals surface area contributed by atoms with E-state index in [2.05, 4.69) is 23.6 Å². The van der Waals surface area contributed by atoms with Crippen molar-refractivity contribution in [1.29, 1.82) is 0 Å². The molecule has 0 spiro atoms. The van der Waals surface area contributed by atoms with E-state index >= 15 is 0 Å². The Kier molecular flexibility index (Phi) is 5.73. The maximum Gasteiger partial charge on any atom is 0.126 e. The van der Waals surface area contributed by atoms with Crippen LogP contribution in [0.4, 0.5) is 4.39 Å². The first-order valence-corrected chi connectivity index (χ1v) is 8.01. The highest BCUT2D eigenvalue weighted by atomic mass is 19.1. The van der Waals surface area contributed by atoms with Crippen molar-refractivity contribution in [2.24, 2.45) is 5.73 Å². The van der Waals surface area contributed by atoms with Gasteiger partial charge in [0.2, 0.25) is 0 Å². The summed E-state index contributed by atoms with van der Waals surface area (Å²) < 4.78 is 13.8. The topological polar surface area (TPSA) is 32.5 Å². The van der Waals surface area contributed by atoms with E-state index in [0.717, 1.165) is 31.7 Å². The first-order chi connectivity index (χ1) is 10.1. The van der Waals surface area contributed by atoms with Crippen LogP contribution in [0.1, 0.15) is 37.4 Å². The molecule has 1 aliphatic heterocycles. The number of hydrogen-bond acceptors (Lipinski definition) is 3. The highest BCUT2D eigenvalue weighted by Gasteiger charge is 2.26. The van der Waals surface area contributed by atoms with Crippen molar-refractivity contribution in [1.82, 2.24) is 9.80 Å². The van der Waals surface area contributed by atoms with Crippen LogP contribution in [0.15, 0.2) is 18.2 Å². The van der Waals surface area contributed by atoms with Crippen LogP contribution in [0.5, 0.6) is 0 Å². The third-order valence-electron chi connectivity index (χ3n) is 4.81. The van der Waals surface area contributed by atoms with Crippen molar-refractivity contribution >= 4 is 0 Å². The number of halogens is 1. The molecule has 2 rings (SSSR count). The van der Waals surface area contributed by atoms with Crippen LogP contribution in [-0.4, -0.2) is 48.6 Å². The molecule has 2 atom stereocenters. The lowest BCUT2D eigenvalue weighted by Crippen LogP contribution is -2.51. The lowest BCUT2D eigenvalue weighted by molar-refractivity contribution is 0.0743. The number of piperazine rings is 1. The number of hydrogen-bond donors (Lipinski definition) is 1. The monoisotopic (exact) mass is 293 g/mol. The van der Waals surface area contributed by atoms with Gasteiger partial charge in [0.25, 0.3) is 0 Å². The fraction of sp³-hybridized carbons (Fsp3) is 0.647. The normalized spacial score (nSPS) is 20.4. The number of rotatable bonds is 5. The Hall–Kier alpha value is -0.970. The van der Waals surface area contributed by atoms with E-state index in [0.29, 0.717) is 18.2 Å². The molecule has 3 nitrogen and oxygen atoms in total. The zero-order valence-corrected chi connectivity index (χ0v) is 13.5. The van der Waals surface area contributed by atoms with Gasteiger partial charge in [-0.1, -0.05) is 19.1 Å². The van der Waals surface area contributed by atoms with Crippen LogP contribution in [0.25, 0.3) is 0 Å². The Morgan fingerprint density at radius 3 is 2.33 bits per heavy atom. The Bertz CT molecular complexity index is 455. The highest BCUT2D eigenvalue weighted by molar-refractivity contribution is 5.26. The van der Waals surface area contributed by atoms with Gasteiger partial charge >= 0.3 is 0 Å². The predicted molar refractivity (Wildman–Crippen MR) is 85.8 cm³/mol. The van der Waals surface area contributed by atoms with Gasteiger partial charge in [-0.05, 0) is 37.5 Å². The second kappa shape index (κ2) is 7.34. The van der Waals surface area contributed by atoms with Gasteiger partial charge in [-0.15, -0.1) is 0 Å². The SMILES string of the molecule is CCC(C)N1CCN(C(CN)c2ccc(C)c(F)c2)CC1. The smallest absolute Gasteiger partial charge is 0.126 e. The largest absolute Gasteiger partial charge is 0.329 e. The van der Waals surface area contributed by atoms with Gasteiger partial charge < -0.3 is 5.73 Å². The summed E-state index contributed by atoms with van der Waals surface area (Å²) in [5.74, 6) is -0.135. The van der Waals surface area contributed by atoms with Gasteiger partial charge in [0.05, 0.1) is 0 Å². The van der Waals surface area contributed by atoms with Crippen molar-refractivity contribution in [2.75, 3.05) is 32.7 Å². The van der Waals surface area contributed by atoms with E-state index in [9.17, 15) is 4.39 Å². The number of benzene rings is 1. The molecule has 1 aliphatic rings. The summed E-state index contributed by atoms with van der Waals surface area (Å²) in [4.78, 5) is 4.92. The van der Waals surface area contributed by atoms with Gasteiger partial charge in [-0.25, -0.2) is 4.39 Å². The molecule has 118 valence electrons. The molecule has 0 bridgehead atoms. The summed E-state index contributed by atoms with van der Waals surface area (Å²) in [5, 5.41) is 0. The van der Waals surface area contributed by atoms with E-state index in [1.54, 1.807) is 13.0 Å². The van der Waals surface area contributed by atoms with E-state index in [-0.39, 0.29) is 11.9 Å². The van der Waals surface area contributed by atoms with Crippen LogP contribution < -0.4 is 5.73 Å². The lowest BCUT2D eigenvalue weighted by Gasteiger charge is -2.41. The maximum atomic E-state index is 13.8. The minimum atomic E-state index is -0.135. The van der Waals surface area contributed by atoms with Gasteiger partial charge in [0.15, 0.2) is 0 Å². The zero-order valence-electron chi connectivity index (χ0n) is 13.5. The van der Waals surface area contributed by atoms with Gasteiger partial charge in [0, 0.05) is 44.8 Å². The summed E-state index contributed by atoms with van der Waals surface area (Å²) >= 11 is 0. The highest BCUT2D eigenvalue weighted by Crippen LogP contribution is 2.23. The number of aryl methyl sites for hydroxylation is 1. The van der Waals surface area contributed by atoms with Crippen LogP contribution in [-0.2, 0) is 0 Å². The van der Waals surface area contributed by atoms with Crippen LogP contribution >= 0.6 is 0 Å². The second-order valence-electron chi connectivity index (χ2n) is 6.09. The number of nitrogens with two attached hydrogens (primary N) is 1. The fourth-order valence-corrected chi connectivity index (χ4v) is 3.06. The Morgan fingerprint density at radius 2 is 1.81 bits per heavy atom. The van der Waals surface area contributed by atoms with Crippen LogP contribution in [0, 0.1) is 12.7 Å². The molecule has 0 aliphatic carbocycles. The van der Waals surface area contributed by atoms with E-state index in [4.69, 9.17) is 5.73 Å². The Labute approximate surface area is 127 Å². The molecule has 4 heteroatoms. The summed E-state index contributed by atoms with van der Waals surface area (Å²) in [6.07, 6.45) is 1.18. The predicted octanol–water partition coefficient (Wildman–Crippen LogP) is 2.55. The molecule has 0 radical (unpaired) electrons. The fourth-order valence-electron chi connectivity index (χ4n) is 3.06. The molecular weight excluding hydrogens is 265 g/mol. The molecule has 1 aromatic rings. The number of nitrogens with zero attached hydrogens (tertiary/aromatic N) is 2. The molecule has 2 N–H and O–H groups in total.